The van der Waals surface area contributed by atoms with Crippen molar-refractivity contribution in [2.45, 2.75) is 24.9 Å². The highest BCUT2D eigenvalue weighted by molar-refractivity contribution is 5.23. The lowest BCUT2D eigenvalue weighted by molar-refractivity contribution is -0.300. The molecule has 4 heteroatoms. The molecule has 0 amide bonds. The molecule has 0 aromatic carbocycles. The topological polar surface area (TPSA) is 40.0 Å². The fourth-order valence-corrected chi connectivity index (χ4v) is 1.50. The molecule has 2 heterocycles. The number of aliphatic imine (C=N–C) groups is 1. The molecule has 0 aromatic heterocycles. The minimum Gasteiger partial charge on any atom is -0.506 e. The minimum absolute atomic E-state index is 0.255. The highest BCUT2D eigenvalue weighted by Gasteiger charge is 2.55. The first-order chi connectivity index (χ1) is 5.68. The van der Waals surface area contributed by atoms with Crippen LogP contribution < -0.4 is 0 Å². The van der Waals surface area contributed by atoms with E-state index in [-0.39, 0.29) is 5.60 Å². The molecule has 0 unspecified atom stereocenters. The third-order valence-electron chi connectivity index (χ3n) is 2.14. The lowest BCUT2D eigenvalue weighted by atomic mass is 10.1. The van der Waals surface area contributed by atoms with Crippen LogP contribution in [-0.4, -0.2) is 38.1 Å². The van der Waals surface area contributed by atoms with Crippen molar-refractivity contribution in [1.82, 2.24) is 0 Å². The Morgan fingerprint density at radius 1 is 1.42 bits per heavy atom. The minimum atomic E-state index is -0.850. The molecule has 2 saturated heterocycles. The van der Waals surface area contributed by atoms with E-state index in [4.69, 9.17) is 20.9 Å². The molecule has 2 aliphatic rings. The maximum Gasteiger partial charge on any atom is 0.285 e. The summed E-state index contributed by atoms with van der Waals surface area (Å²) >= 11 is 0. The van der Waals surface area contributed by atoms with Crippen LogP contribution in [0, 0.1) is 0 Å². The van der Waals surface area contributed by atoms with Gasteiger partial charge in [-0.05, 0) is 6.92 Å². The molecule has 0 radical (unpaired) electrons. The average Bonchev–Trinajstić information content (AvgIpc) is 2.55. The Balaban J connectivity index is 2.00. The number of fused-ring (bicyclic) bond motifs is 2. The first-order valence-electron chi connectivity index (χ1n) is 4.03. The summed E-state index contributed by atoms with van der Waals surface area (Å²) in [5, 5.41) is 0. The maximum atomic E-state index is 5.59. The van der Waals surface area contributed by atoms with Crippen molar-refractivity contribution in [3.8, 4) is 0 Å². The molecule has 0 atom stereocenters. The van der Waals surface area contributed by atoms with Crippen molar-refractivity contribution < 1.29 is 14.2 Å². The van der Waals surface area contributed by atoms with Gasteiger partial charge in [-0.3, -0.25) is 0 Å². The van der Waals surface area contributed by atoms with Crippen molar-refractivity contribution in [2.24, 2.45) is 4.99 Å². The van der Waals surface area contributed by atoms with Crippen LogP contribution >= 0.6 is 0 Å². The van der Waals surface area contributed by atoms with Gasteiger partial charge >= 0.3 is 0 Å². The van der Waals surface area contributed by atoms with Crippen molar-refractivity contribution in [3.63, 3.8) is 0 Å². The molecular weight excluding hydrogens is 158 g/mol. The van der Waals surface area contributed by atoms with Crippen LogP contribution in [0.2, 0.25) is 0 Å². The molecule has 12 heavy (non-hydrogen) atoms. The van der Waals surface area contributed by atoms with Gasteiger partial charge in [-0.25, -0.2) is 0 Å². The fourth-order valence-electron chi connectivity index (χ4n) is 1.50. The molecule has 0 N–H and O–H groups in total. The van der Waals surface area contributed by atoms with E-state index in [0.717, 1.165) is 0 Å². The summed E-state index contributed by atoms with van der Waals surface area (Å²) in [6.45, 7) is 8.68. The standard InChI is InChI=1S/C8H12NO3/c1-7-5-10-8(12-7,11-6-7)3-4-9-2/h2H,3-6H2,1H3/q-1. The first-order valence-corrected chi connectivity index (χ1v) is 4.03. The van der Waals surface area contributed by atoms with E-state index in [1.165, 1.54) is 0 Å². The fraction of sp³-hybridized carbons (Fsp3) is 0.875. The van der Waals surface area contributed by atoms with Crippen molar-refractivity contribution in [3.05, 3.63) is 0 Å². The molecule has 2 rings (SSSR count). The second-order valence-electron chi connectivity index (χ2n) is 3.47. The predicted octanol–water partition coefficient (Wildman–Crippen LogP) is 0.444. The monoisotopic (exact) mass is 170 g/mol. The quantitative estimate of drug-likeness (QED) is 0.456. The molecule has 0 aliphatic carbocycles. The van der Waals surface area contributed by atoms with E-state index in [0.29, 0.717) is 26.2 Å². The first kappa shape index (κ1) is 8.16. The van der Waals surface area contributed by atoms with Gasteiger partial charge in [0.25, 0.3) is 5.97 Å². The molecule has 0 saturated carbocycles. The highest BCUT2D eigenvalue weighted by Crippen LogP contribution is 2.41. The molecule has 2 fully saturated rings. The van der Waals surface area contributed by atoms with E-state index in [2.05, 4.69) is 4.99 Å². The molecule has 0 aromatic rings. The van der Waals surface area contributed by atoms with Gasteiger partial charge in [0.05, 0.1) is 13.2 Å². The van der Waals surface area contributed by atoms with Crippen molar-refractivity contribution in [2.75, 3.05) is 19.8 Å². The lowest BCUT2D eigenvalue weighted by Crippen LogP contribution is -2.34. The van der Waals surface area contributed by atoms with Crippen LogP contribution in [0.15, 0.2) is 4.99 Å². The second kappa shape index (κ2) is 2.52. The number of hydrogen-bond donors (Lipinski definition) is 0. The second-order valence-corrected chi connectivity index (χ2v) is 3.47. The molecule has 4 nitrogen and oxygen atoms in total. The molecule has 0 spiro atoms. The Morgan fingerprint density at radius 3 is 2.50 bits per heavy atom. The summed E-state index contributed by atoms with van der Waals surface area (Å²) in [7, 11) is 0. The van der Waals surface area contributed by atoms with Crippen molar-refractivity contribution >= 4 is 6.72 Å². The van der Waals surface area contributed by atoms with Gasteiger partial charge in [0.1, 0.15) is 5.60 Å². The summed E-state index contributed by atoms with van der Waals surface area (Å²) in [6.07, 6.45) is 0.569. The Bertz CT molecular complexity index is 196. The summed E-state index contributed by atoms with van der Waals surface area (Å²) in [5.74, 6) is -0.850. The Hall–Kier alpha value is -0.450. The van der Waals surface area contributed by atoms with Gasteiger partial charge in [0, 0.05) is 13.0 Å². The van der Waals surface area contributed by atoms with E-state index in [1.54, 1.807) is 0 Å². The zero-order valence-electron chi connectivity index (χ0n) is 7.08. The third kappa shape index (κ3) is 1.16. The number of rotatable bonds is 3. The molecule has 68 valence electrons. The third-order valence-corrected chi connectivity index (χ3v) is 2.14. The largest absolute Gasteiger partial charge is 0.506 e. The average molecular weight is 170 g/mol. The van der Waals surface area contributed by atoms with Gasteiger partial charge in [0.2, 0.25) is 0 Å². The van der Waals surface area contributed by atoms with Crippen LogP contribution in [-0.2, 0) is 14.2 Å². The number of ether oxygens (including phenoxy) is 3. The van der Waals surface area contributed by atoms with Crippen LogP contribution in [0.1, 0.15) is 13.3 Å². The van der Waals surface area contributed by atoms with E-state index in [9.17, 15) is 0 Å². The van der Waals surface area contributed by atoms with Gasteiger partial charge < -0.3 is 25.9 Å². The summed E-state index contributed by atoms with van der Waals surface area (Å²) in [5.41, 5.74) is -0.255. The lowest BCUT2D eigenvalue weighted by Gasteiger charge is -2.23. The molecular formula is C8H12NO3-. The SMILES string of the molecule is [CH-]=NCCC12OCC(C)(CO1)O2. The maximum absolute atomic E-state index is 5.59. The Labute approximate surface area is 71.5 Å². The highest BCUT2D eigenvalue weighted by atomic mass is 16.9. The van der Waals surface area contributed by atoms with Crippen LogP contribution in [0.25, 0.3) is 0 Å². The van der Waals surface area contributed by atoms with E-state index < -0.39 is 5.97 Å². The normalized spacial score (nSPS) is 45.1. The van der Waals surface area contributed by atoms with Crippen LogP contribution in [0.5, 0.6) is 0 Å². The molecule has 2 aliphatic heterocycles. The van der Waals surface area contributed by atoms with Gasteiger partial charge in [-0.2, -0.15) is 0 Å². The van der Waals surface area contributed by atoms with Gasteiger partial charge in [-0.15, -0.1) is 0 Å². The zero-order chi connectivity index (χ0) is 8.66. The van der Waals surface area contributed by atoms with Gasteiger partial charge in [-0.1, -0.05) is 0 Å². The summed E-state index contributed by atoms with van der Waals surface area (Å²) < 4.78 is 16.4. The predicted molar refractivity (Wildman–Crippen MR) is 42.1 cm³/mol. The molecule has 2 bridgehead atoms. The van der Waals surface area contributed by atoms with Gasteiger partial charge in [0.15, 0.2) is 0 Å². The van der Waals surface area contributed by atoms with E-state index >= 15 is 0 Å². The smallest absolute Gasteiger partial charge is 0.285 e. The van der Waals surface area contributed by atoms with Crippen LogP contribution in [0.4, 0.5) is 0 Å². The Morgan fingerprint density at radius 2 is 2.08 bits per heavy atom. The van der Waals surface area contributed by atoms with Crippen molar-refractivity contribution in [1.29, 1.82) is 0 Å². The summed E-state index contributed by atoms with van der Waals surface area (Å²) in [6, 6.07) is 0. The van der Waals surface area contributed by atoms with Crippen LogP contribution in [0.3, 0.4) is 0 Å². The summed E-state index contributed by atoms with van der Waals surface area (Å²) in [4.78, 5) is 3.49. The Kier molecular flexibility index (Phi) is 1.71. The zero-order valence-corrected chi connectivity index (χ0v) is 7.08. The van der Waals surface area contributed by atoms with E-state index in [1.807, 2.05) is 6.92 Å². The number of nitrogens with zero attached hydrogens (tertiary/aromatic N) is 1. The number of hydrogen-bond acceptors (Lipinski definition) is 4.